The minimum absolute atomic E-state index is 0.00266. The minimum atomic E-state index is -0.389. The molecule has 0 aliphatic carbocycles. The zero-order valence-corrected chi connectivity index (χ0v) is 14.9. The lowest BCUT2D eigenvalue weighted by atomic mass is 9.91. The predicted molar refractivity (Wildman–Crippen MR) is 98.6 cm³/mol. The van der Waals surface area contributed by atoms with E-state index in [1.165, 1.54) is 10.9 Å². The Balaban J connectivity index is 1.91. The van der Waals surface area contributed by atoms with Crippen LogP contribution in [0.2, 0.25) is 0 Å². The highest BCUT2D eigenvalue weighted by Gasteiger charge is 2.21. The molecule has 0 bridgehead atoms. The summed E-state index contributed by atoms with van der Waals surface area (Å²) in [6.07, 6.45) is 0. The third-order valence-electron chi connectivity index (χ3n) is 3.69. The Morgan fingerprint density at radius 1 is 1.29 bits per heavy atom. The number of aliphatic imine (C=N–C) groups is 1. The van der Waals surface area contributed by atoms with Gasteiger partial charge in [0.15, 0.2) is 5.96 Å². The van der Waals surface area contributed by atoms with Crippen LogP contribution >= 0.6 is 11.3 Å². The molecule has 1 aromatic heterocycles. The summed E-state index contributed by atoms with van der Waals surface area (Å²) in [6.45, 7) is 5.57. The van der Waals surface area contributed by atoms with Gasteiger partial charge in [-0.15, -0.1) is 11.3 Å². The Morgan fingerprint density at radius 3 is 2.71 bits per heavy atom. The van der Waals surface area contributed by atoms with Gasteiger partial charge in [0.05, 0.1) is 4.92 Å². The molecule has 0 unspecified atom stereocenters. The molecule has 1 aromatic carbocycles. The Bertz CT molecular complexity index is 711. The Kier molecular flexibility index (Phi) is 5.92. The van der Waals surface area contributed by atoms with Crippen molar-refractivity contribution in [3.8, 4) is 0 Å². The first-order chi connectivity index (χ1) is 11.4. The van der Waals surface area contributed by atoms with Gasteiger partial charge in [0.1, 0.15) is 0 Å². The van der Waals surface area contributed by atoms with Crippen molar-refractivity contribution in [2.75, 3.05) is 13.6 Å². The first kappa shape index (κ1) is 17.9. The summed E-state index contributed by atoms with van der Waals surface area (Å²) >= 11 is 1.74. The lowest BCUT2D eigenvalue weighted by molar-refractivity contribution is -0.384. The molecule has 24 heavy (non-hydrogen) atoms. The molecule has 0 amide bonds. The molecule has 0 radical (unpaired) electrons. The van der Waals surface area contributed by atoms with Crippen LogP contribution in [0, 0.1) is 10.1 Å². The van der Waals surface area contributed by atoms with Crippen molar-refractivity contribution in [1.82, 2.24) is 10.6 Å². The summed E-state index contributed by atoms with van der Waals surface area (Å²) in [4.78, 5) is 16.0. The first-order valence-electron chi connectivity index (χ1n) is 7.64. The van der Waals surface area contributed by atoms with E-state index in [1.54, 1.807) is 30.5 Å². The molecular weight excluding hydrogens is 324 g/mol. The molecule has 2 N–H and O–H groups in total. The average molecular weight is 346 g/mol. The molecule has 6 nitrogen and oxygen atoms in total. The fourth-order valence-electron chi connectivity index (χ4n) is 2.24. The number of guanidine groups is 1. The quantitative estimate of drug-likeness (QED) is 0.364. The van der Waals surface area contributed by atoms with Gasteiger partial charge in [-0.1, -0.05) is 32.0 Å². The zero-order valence-electron chi connectivity index (χ0n) is 14.1. The van der Waals surface area contributed by atoms with Gasteiger partial charge in [0.2, 0.25) is 0 Å². The maximum atomic E-state index is 10.8. The molecule has 0 atom stereocenters. The van der Waals surface area contributed by atoms with Crippen molar-refractivity contribution in [3.63, 3.8) is 0 Å². The number of nitrogens with zero attached hydrogens (tertiary/aromatic N) is 2. The SMILES string of the molecule is CN=C(NCc1cccc([N+](=O)[O-])c1)NCC(C)(C)c1cccs1. The van der Waals surface area contributed by atoms with E-state index in [2.05, 4.69) is 47.0 Å². The smallest absolute Gasteiger partial charge is 0.269 e. The molecule has 0 fully saturated rings. The molecule has 128 valence electrons. The van der Waals surface area contributed by atoms with Crippen LogP contribution in [0.1, 0.15) is 24.3 Å². The second-order valence-electron chi connectivity index (χ2n) is 6.07. The summed E-state index contributed by atoms with van der Waals surface area (Å²) in [5.74, 6) is 0.672. The van der Waals surface area contributed by atoms with Gasteiger partial charge >= 0.3 is 0 Å². The Hall–Kier alpha value is -2.41. The van der Waals surface area contributed by atoms with Crippen LogP contribution in [-0.2, 0) is 12.0 Å². The average Bonchev–Trinajstić information content (AvgIpc) is 3.10. The van der Waals surface area contributed by atoms with Gasteiger partial charge in [-0.2, -0.15) is 0 Å². The van der Waals surface area contributed by atoms with Gasteiger partial charge in [-0.05, 0) is 17.0 Å². The van der Waals surface area contributed by atoms with Gasteiger partial charge < -0.3 is 10.6 Å². The number of non-ortho nitro benzene ring substituents is 1. The topological polar surface area (TPSA) is 79.6 Å². The Morgan fingerprint density at radius 2 is 2.08 bits per heavy atom. The van der Waals surface area contributed by atoms with Crippen LogP contribution in [-0.4, -0.2) is 24.5 Å². The van der Waals surface area contributed by atoms with Crippen molar-refractivity contribution in [1.29, 1.82) is 0 Å². The molecule has 0 saturated carbocycles. The summed E-state index contributed by atoms with van der Waals surface area (Å²) in [7, 11) is 1.71. The van der Waals surface area contributed by atoms with E-state index >= 15 is 0 Å². The summed E-state index contributed by atoms with van der Waals surface area (Å²) in [5, 5.41) is 19.4. The van der Waals surface area contributed by atoms with Crippen molar-refractivity contribution >= 4 is 23.0 Å². The number of hydrogen-bond donors (Lipinski definition) is 2. The summed E-state index contributed by atoms with van der Waals surface area (Å²) < 4.78 is 0. The van der Waals surface area contributed by atoms with Crippen LogP contribution in [0.5, 0.6) is 0 Å². The number of nitro benzene ring substituents is 1. The molecule has 0 aliphatic heterocycles. The fourth-order valence-corrected chi connectivity index (χ4v) is 3.09. The van der Waals surface area contributed by atoms with Crippen LogP contribution in [0.4, 0.5) is 5.69 Å². The second kappa shape index (κ2) is 7.92. The van der Waals surface area contributed by atoms with Gasteiger partial charge in [0.25, 0.3) is 5.69 Å². The van der Waals surface area contributed by atoms with Crippen molar-refractivity contribution in [2.45, 2.75) is 25.8 Å². The molecule has 7 heteroatoms. The van der Waals surface area contributed by atoms with E-state index in [0.717, 1.165) is 12.1 Å². The highest BCUT2D eigenvalue weighted by atomic mass is 32.1. The number of rotatable bonds is 6. The van der Waals surface area contributed by atoms with Gasteiger partial charge in [0, 0.05) is 42.6 Å². The monoisotopic (exact) mass is 346 g/mol. The first-order valence-corrected chi connectivity index (χ1v) is 8.52. The summed E-state index contributed by atoms with van der Waals surface area (Å²) in [6, 6.07) is 10.8. The lowest BCUT2D eigenvalue weighted by Gasteiger charge is -2.25. The van der Waals surface area contributed by atoms with Crippen molar-refractivity contribution < 1.29 is 4.92 Å². The number of nitrogens with one attached hydrogen (secondary N) is 2. The molecule has 2 rings (SSSR count). The number of benzene rings is 1. The van der Waals surface area contributed by atoms with Gasteiger partial charge in [-0.25, -0.2) is 0 Å². The van der Waals surface area contributed by atoms with E-state index in [1.807, 2.05) is 6.07 Å². The summed E-state index contributed by atoms with van der Waals surface area (Å²) in [5.41, 5.74) is 0.929. The third kappa shape index (κ3) is 4.79. The number of nitro groups is 1. The van der Waals surface area contributed by atoms with Crippen LogP contribution in [0.15, 0.2) is 46.8 Å². The van der Waals surface area contributed by atoms with Crippen molar-refractivity contribution in [3.05, 3.63) is 62.3 Å². The lowest BCUT2D eigenvalue weighted by Crippen LogP contribution is -2.42. The molecule has 0 aliphatic rings. The predicted octanol–water partition coefficient (Wildman–Crippen LogP) is 3.30. The standard InChI is InChI=1S/C17H22N4O2S/c1-17(2,15-8-5-9-24-15)12-20-16(18-3)19-11-13-6-4-7-14(10-13)21(22)23/h4-10H,11-12H2,1-3H3,(H2,18,19,20). The largest absolute Gasteiger partial charge is 0.356 e. The maximum absolute atomic E-state index is 10.8. The van der Waals surface area contributed by atoms with E-state index < -0.39 is 0 Å². The second-order valence-corrected chi connectivity index (χ2v) is 7.02. The van der Waals surface area contributed by atoms with Crippen LogP contribution in [0.25, 0.3) is 0 Å². The third-order valence-corrected chi connectivity index (χ3v) is 4.93. The molecule has 0 saturated heterocycles. The fraction of sp³-hybridized carbons (Fsp3) is 0.353. The van der Waals surface area contributed by atoms with Crippen LogP contribution < -0.4 is 10.6 Å². The highest BCUT2D eigenvalue weighted by molar-refractivity contribution is 7.10. The van der Waals surface area contributed by atoms with Crippen molar-refractivity contribution in [2.24, 2.45) is 4.99 Å². The highest BCUT2D eigenvalue weighted by Crippen LogP contribution is 2.26. The molecule has 0 spiro atoms. The van der Waals surface area contributed by atoms with E-state index in [4.69, 9.17) is 0 Å². The van der Waals surface area contributed by atoms with E-state index in [0.29, 0.717) is 12.5 Å². The van der Waals surface area contributed by atoms with E-state index in [9.17, 15) is 10.1 Å². The number of hydrogen-bond acceptors (Lipinski definition) is 4. The molecule has 2 aromatic rings. The maximum Gasteiger partial charge on any atom is 0.269 e. The molecule has 1 heterocycles. The van der Waals surface area contributed by atoms with E-state index in [-0.39, 0.29) is 16.0 Å². The molecular formula is C17H22N4O2S. The number of thiophene rings is 1. The van der Waals surface area contributed by atoms with Crippen LogP contribution in [0.3, 0.4) is 0 Å². The normalized spacial score (nSPS) is 12.0. The zero-order chi connectivity index (χ0) is 17.6. The van der Waals surface area contributed by atoms with Gasteiger partial charge in [-0.3, -0.25) is 15.1 Å². The Labute approximate surface area is 145 Å². The minimum Gasteiger partial charge on any atom is -0.356 e.